The Labute approximate surface area is 95.2 Å². The minimum absolute atomic E-state index is 0.0894. The second-order valence-electron chi connectivity index (χ2n) is 4.00. The van der Waals surface area contributed by atoms with E-state index in [4.69, 9.17) is 4.74 Å². The minimum atomic E-state index is -0.0894. The van der Waals surface area contributed by atoms with Crippen LogP contribution in [0.2, 0.25) is 0 Å². The molecule has 1 amide bonds. The Morgan fingerprint density at radius 1 is 1.50 bits per heavy atom. The van der Waals surface area contributed by atoms with Crippen molar-refractivity contribution >= 4 is 11.6 Å². The van der Waals surface area contributed by atoms with Crippen LogP contribution in [-0.4, -0.2) is 31.0 Å². The van der Waals surface area contributed by atoms with E-state index in [1.165, 1.54) is 5.56 Å². The van der Waals surface area contributed by atoms with E-state index in [1.54, 1.807) is 0 Å². The maximum absolute atomic E-state index is 11.2. The summed E-state index contributed by atoms with van der Waals surface area (Å²) in [6.45, 7) is 4.10. The first kappa shape index (κ1) is 11.0. The molecule has 4 nitrogen and oxygen atoms in total. The quantitative estimate of drug-likeness (QED) is 0.838. The molecule has 0 aromatic heterocycles. The van der Waals surface area contributed by atoms with Gasteiger partial charge < -0.3 is 15.0 Å². The fraction of sp³-hybridized carbons (Fsp3) is 0.417. The van der Waals surface area contributed by atoms with E-state index in [2.05, 4.69) is 24.2 Å². The fourth-order valence-electron chi connectivity index (χ4n) is 1.65. The van der Waals surface area contributed by atoms with Crippen molar-refractivity contribution in [2.45, 2.75) is 13.5 Å². The van der Waals surface area contributed by atoms with Crippen molar-refractivity contribution in [2.24, 2.45) is 0 Å². The highest BCUT2D eigenvalue weighted by Crippen LogP contribution is 2.28. The number of carbonyl (C=O) groups excluding carboxylic acids is 1. The Bertz CT molecular complexity index is 404. The molecule has 86 valence electrons. The highest BCUT2D eigenvalue weighted by molar-refractivity contribution is 5.95. The molecule has 0 spiro atoms. The van der Waals surface area contributed by atoms with Gasteiger partial charge in [-0.25, -0.2) is 0 Å². The molecular formula is C12H16N2O2. The number of nitrogens with one attached hydrogen (secondary N) is 1. The van der Waals surface area contributed by atoms with Gasteiger partial charge in [0.15, 0.2) is 6.61 Å². The predicted octanol–water partition coefficient (Wildman–Crippen LogP) is 1.47. The molecule has 0 saturated carbocycles. The van der Waals surface area contributed by atoms with Gasteiger partial charge in [-0.05, 0) is 31.3 Å². The summed E-state index contributed by atoms with van der Waals surface area (Å²) >= 11 is 0. The second kappa shape index (κ2) is 4.53. The van der Waals surface area contributed by atoms with Gasteiger partial charge in [0, 0.05) is 6.54 Å². The van der Waals surface area contributed by atoms with Crippen molar-refractivity contribution in [1.82, 2.24) is 4.90 Å². The van der Waals surface area contributed by atoms with Crippen LogP contribution in [0.4, 0.5) is 5.69 Å². The van der Waals surface area contributed by atoms with E-state index >= 15 is 0 Å². The van der Waals surface area contributed by atoms with Crippen LogP contribution < -0.4 is 10.1 Å². The van der Waals surface area contributed by atoms with Crippen molar-refractivity contribution < 1.29 is 9.53 Å². The van der Waals surface area contributed by atoms with E-state index in [0.29, 0.717) is 0 Å². The number of hydrogen-bond acceptors (Lipinski definition) is 3. The second-order valence-corrected chi connectivity index (χ2v) is 4.00. The maximum atomic E-state index is 11.2. The molecule has 16 heavy (non-hydrogen) atoms. The smallest absolute Gasteiger partial charge is 0.262 e. The molecule has 0 saturated heterocycles. The van der Waals surface area contributed by atoms with Gasteiger partial charge in [0.2, 0.25) is 0 Å². The molecule has 0 fully saturated rings. The molecule has 0 unspecified atom stereocenters. The number of fused-ring (bicyclic) bond motifs is 1. The molecular weight excluding hydrogens is 204 g/mol. The largest absolute Gasteiger partial charge is 0.482 e. The zero-order valence-electron chi connectivity index (χ0n) is 9.62. The lowest BCUT2D eigenvalue weighted by Gasteiger charge is -2.20. The molecule has 4 heteroatoms. The van der Waals surface area contributed by atoms with Crippen molar-refractivity contribution in [3.8, 4) is 5.75 Å². The van der Waals surface area contributed by atoms with Crippen LogP contribution in [0.15, 0.2) is 18.2 Å². The third-order valence-corrected chi connectivity index (χ3v) is 2.67. The number of anilines is 1. The number of nitrogens with zero attached hydrogens (tertiary/aromatic N) is 1. The summed E-state index contributed by atoms with van der Waals surface area (Å²) in [5, 5.41) is 2.81. The first-order valence-corrected chi connectivity index (χ1v) is 5.43. The van der Waals surface area contributed by atoms with Crippen LogP contribution in [0.3, 0.4) is 0 Å². The Hall–Kier alpha value is -1.55. The van der Waals surface area contributed by atoms with Crippen molar-refractivity contribution in [3.63, 3.8) is 0 Å². The van der Waals surface area contributed by atoms with Gasteiger partial charge >= 0.3 is 0 Å². The molecule has 1 N–H and O–H groups in total. The predicted molar refractivity (Wildman–Crippen MR) is 62.6 cm³/mol. The normalized spacial score (nSPS) is 14.3. The molecule has 1 aliphatic rings. The third-order valence-electron chi connectivity index (χ3n) is 2.67. The summed E-state index contributed by atoms with van der Waals surface area (Å²) in [5.41, 5.74) is 1.95. The molecule has 1 aromatic carbocycles. The number of benzene rings is 1. The molecule has 0 aliphatic carbocycles. The molecule has 0 bridgehead atoms. The van der Waals surface area contributed by atoms with E-state index < -0.39 is 0 Å². The Morgan fingerprint density at radius 3 is 3.06 bits per heavy atom. The number of hydrogen-bond donors (Lipinski definition) is 1. The van der Waals surface area contributed by atoms with Crippen molar-refractivity contribution in [3.05, 3.63) is 23.8 Å². The van der Waals surface area contributed by atoms with Gasteiger partial charge in [0.1, 0.15) is 5.75 Å². The van der Waals surface area contributed by atoms with E-state index in [9.17, 15) is 4.79 Å². The Balaban J connectivity index is 2.18. The first-order chi connectivity index (χ1) is 7.69. The minimum Gasteiger partial charge on any atom is -0.482 e. The standard InChI is InChI=1S/C12H16N2O2/c1-3-14(2)7-9-4-5-11-10(6-9)13-12(15)8-16-11/h4-6H,3,7-8H2,1-2H3,(H,13,15). The summed E-state index contributed by atoms with van der Waals surface area (Å²) < 4.78 is 5.30. The van der Waals surface area contributed by atoms with Crippen LogP contribution in [0, 0.1) is 0 Å². The summed E-state index contributed by atoms with van der Waals surface area (Å²) in [4.78, 5) is 13.4. The molecule has 1 aliphatic heterocycles. The van der Waals surface area contributed by atoms with Crippen LogP contribution >= 0.6 is 0 Å². The molecule has 1 heterocycles. The highest BCUT2D eigenvalue weighted by Gasteiger charge is 2.15. The lowest BCUT2D eigenvalue weighted by Crippen LogP contribution is -2.25. The third kappa shape index (κ3) is 2.33. The zero-order chi connectivity index (χ0) is 11.5. The van der Waals surface area contributed by atoms with Crippen LogP contribution in [0.25, 0.3) is 0 Å². The summed E-state index contributed by atoms with van der Waals surface area (Å²) in [6.07, 6.45) is 0. The van der Waals surface area contributed by atoms with Crippen LogP contribution in [0.5, 0.6) is 5.75 Å². The van der Waals surface area contributed by atoms with Crippen molar-refractivity contribution in [1.29, 1.82) is 0 Å². The van der Waals surface area contributed by atoms with Gasteiger partial charge in [-0.2, -0.15) is 0 Å². The Morgan fingerprint density at radius 2 is 2.31 bits per heavy atom. The highest BCUT2D eigenvalue weighted by atomic mass is 16.5. The molecule has 0 radical (unpaired) electrons. The topological polar surface area (TPSA) is 41.6 Å². The van der Waals surface area contributed by atoms with Crippen LogP contribution in [-0.2, 0) is 11.3 Å². The summed E-state index contributed by atoms with van der Waals surface area (Å²) in [5.74, 6) is 0.663. The molecule has 0 atom stereocenters. The maximum Gasteiger partial charge on any atom is 0.262 e. The van der Waals surface area contributed by atoms with Gasteiger partial charge in [-0.15, -0.1) is 0 Å². The number of ether oxygens (including phenoxy) is 1. The molecule has 2 rings (SSSR count). The van der Waals surface area contributed by atoms with Gasteiger partial charge in [-0.3, -0.25) is 4.79 Å². The van der Waals surface area contributed by atoms with Crippen molar-refractivity contribution in [2.75, 3.05) is 25.5 Å². The van der Waals surface area contributed by atoms with E-state index in [1.807, 2.05) is 18.2 Å². The summed E-state index contributed by atoms with van der Waals surface area (Å²) in [7, 11) is 2.06. The fourth-order valence-corrected chi connectivity index (χ4v) is 1.65. The Kier molecular flexibility index (Phi) is 3.10. The number of rotatable bonds is 3. The SMILES string of the molecule is CCN(C)Cc1ccc2c(c1)NC(=O)CO2. The van der Waals surface area contributed by atoms with Gasteiger partial charge in [-0.1, -0.05) is 13.0 Å². The number of amides is 1. The monoisotopic (exact) mass is 220 g/mol. The average molecular weight is 220 g/mol. The van der Waals surface area contributed by atoms with E-state index in [0.717, 1.165) is 24.5 Å². The average Bonchev–Trinajstić information content (AvgIpc) is 2.28. The zero-order valence-corrected chi connectivity index (χ0v) is 9.62. The van der Waals surface area contributed by atoms with E-state index in [-0.39, 0.29) is 12.5 Å². The lowest BCUT2D eigenvalue weighted by molar-refractivity contribution is -0.118. The molecule has 1 aromatic rings. The lowest BCUT2D eigenvalue weighted by atomic mass is 10.1. The van der Waals surface area contributed by atoms with Crippen LogP contribution in [0.1, 0.15) is 12.5 Å². The van der Waals surface area contributed by atoms with Gasteiger partial charge in [0.25, 0.3) is 5.91 Å². The number of carbonyl (C=O) groups is 1. The summed E-state index contributed by atoms with van der Waals surface area (Å²) in [6, 6.07) is 5.91. The first-order valence-electron chi connectivity index (χ1n) is 5.43. The van der Waals surface area contributed by atoms with Gasteiger partial charge in [0.05, 0.1) is 5.69 Å².